The standard InChI is InChI=1S/C20H27NO3/c1-9-4-18-7-20(24)16-17(2)5-10(22)6-19(16)12(18)3-11(9)14(23)13(18)15(19)21(20)8-17/h4,10-16,22-24H,3,5-8H2,1-2H3/t10-,11-,12+,13?,14?,15?,16+,17-,18+,19-,20+/m0/s1. The highest BCUT2D eigenvalue weighted by atomic mass is 16.3. The molecule has 4 nitrogen and oxygen atoms in total. The third-order valence-electron chi connectivity index (χ3n) is 10.1. The van der Waals surface area contributed by atoms with Crippen molar-refractivity contribution in [3.05, 3.63) is 11.6 Å². The Labute approximate surface area is 142 Å². The van der Waals surface area contributed by atoms with Crippen LogP contribution in [0.15, 0.2) is 11.6 Å². The van der Waals surface area contributed by atoms with Gasteiger partial charge in [-0.1, -0.05) is 18.6 Å². The van der Waals surface area contributed by atoms with E-state index in [1.165, 1.54) is 5.57 Å². The zero-order valence-corrected chi connectivity index (χ0v) is 14.4. The van der Waals surface area contributed by atoms with Gasteiger partial charge in [-0.3, -0.25) is 4.90 Å². The predicted octanol–water partition coefficient (Wildman–Crippen LogP) is 1.11. The van der Waals surface area contributed by atoms with E-state index in [1.807, 2.05) is 0 Å². The highest BCUT2D eigenvalue weighted by molar-refractivity contribution is 5.45. The summed E-state index contributed by atoms with van der Waals surface area (Å²) in [4.78, 5) is 2.41. The van der Waals surface area contributed by atoms with Crippen LogP contribution in [-0.4, -0.2) is 50.7 Å². The maximum atomic E-state index is 11.8. The van der Waals surface area contributed by atoms with Crippen LogP contribution in [0.5, 0.6) is 0 Å². The van der Waals surface area contributed by atoms with Crippen LogP contribution in [-0.2, 0) is 0 Å². The first kappa shape index (κ1) is 13.7. The van der Waals surface area contributed by atoms with E-state index in [0.29, 0.717) is 11.8 Å². The lowest BCUT2D eigenvalue weighted by Crippen LogP contribution is -2.65. The molecular formula is C20H27NO3. The summed E-state index contributed by atoms with van der Waals surface area (Å²) in [5.74, 6) is 1.40. The van der Waals surface area contributed by atoms with Crippen molar-refractivity contribution < 1.29 is 15.3 Å². The smallest absolute Gasteiger partial charge is 0.123 e. The van der Waals surface area contributed by atoms with E-state index >= 15 is 0 Å². The monoisotopic (exact) mass is 329 g/mol. The molecule has 4 heteroatoms. The molecule has 2 spiro atoms. The molecule has 0 aromatic heterocycles. The summed E-state index contributed by atoms with van der Waals surface area (Å²) in [5, 5.41) is 33.8. The van der Waals surface area contributed by atoms with Crippen LogP contribution in [0, 0.1) is 39.9 Å². The number of rotatable bonds is 0. The van der Waals surface area contributed by atoms with Gasteiger partial charge in [-0.25, -0.2) is 0 Å². The van der Waals surface area contributed by atoms with E-state index < -0.39 is 5.72 Å². The molecule has 7 fully saturated rings. The Bertz CT molecular complexity index is 736. The molecule has 9 rings (SSSR count). The molecule has 3 heterocycles. The molecular weight excluding hydrogens is 302 g/mol. The Morgan fingerprint density at radius 3 is 2.83 bits per heavy atom. The molecule has 4 unspecified atom stereocenters. The van der Waals surface area contributed by atoms with E-state index in [1.54, 1.807) is 0 Å². The average Bonchev–Trinajstić information content (AvgIpc) is 2.80. The van der Waals surface area contributed by atoms with Gasteiger partial charge in [-0.05, 0) is 42.9 Å². The molecule has 9 bridgehead atoms. The minimum Gasteiger partial charge on any atom is -0.393 e. The minimum absolute atomic E-state index is 0.0209. The molecule has 9 aliphatic rings. The Balaban J connectivity index is 1.57. The van der Waals surface area contributed by atoms with E-state index in [4.69, 9.17) is 0 Å². The SMILES string of the molecule is CC1=C[C@]23C[C@@]4(O)[C@@H]5[C@@]6(C)C[C@H](O)C[C@]57C(C2C(O)[C@H]1C[C@@H]73)N4C6. The number of aliphatic hydroxyl groups is 3. The fraction of sp³-hybridized carbons (Fsp3) is 0.900. The molecule has 24 heavy (non-hydrogen) atoms. The maximum absolute atomic E-state index is 11.8. The third kappa shape index (κ3) is 0.960. The third-order valence-corrected chi connectivity index (χ3v) is 10.1. The highest BCUT2D eigenvalue weighted by Gasteiger charge is 2.91. The number of hydrogen-bond donors (Lipinski definition) is 3. The molecule has 0 aromatic rings. The summed E-state index contributed by atoms with van der Waals surface area (Å²) in [6.07, 6.45) is 5.51. The van der Waals surface area contributed by atoms with Gasteiger partial charge in [0.15, 0.2) is 0 Å². The average molecular weight is 329 g/mol. The first-order chi connectivity index (χ1) is 11.3. The molecule has 3 saturated heterocycles. The van der Waals surface area contributed by atoms with Crippen molar-refractivity contribution in [2.45, 2.75) is 63.5 Å². The molecule has 0 aromatic carbocycles. The Morgan fingerprint density at radius 2 is 2.04 bits per heavy atom. The van der Waals surface area contributed by atoms with Crippen LogP contribution in [0.2, 0.25) is 0 Å². The summed E-state index contributed by atoms with van der Waals surface area (Å²) in [7, 11) is 0. The van der Waals surface area contributed by atoms with Crippen LogP contribution in [0.3, 0.4) is 0 Å². The van der Waals surface area contributed by atoms with E-state index in [0.717, 1.165) is 32.2 Å². The van der Waals surface area contributed by atoms with Crippen LogP contribution in [0.1, 0.15) is 39.5 Å². The molecule has 0 radical (unpaired) electrons. The van der Waals surface area contributed by atoms with Gasteiger partial charge in [0, 0.05) is 42.2 Å². The zero-order valence-electron chi connectivity index (χ0n) is 14.4. The number of aliphatic hydroxyl groups excluding tert-OH is 2. The number of piperidine rings is 2. The van der Waals surface area contributed by atoms with Crippen LogP contribution < -0.4 is 0 Å². The topological polar surface area (TPSA) is 63.9 Å². The van der Waals surface area contributed by atoms with Crippen molar-refractivity contribution in [2.75, 3.05) is 6.54 Å². The normalized spacial score (nSPS) is 75.8. The molecule has 12 atom stereocenters. The van der Waals surface area contributed by atoms with Crippen LogP contribution in [0.25, 0.3) is 0 Å². The van der Waals surface area contributed by atoms with Crippen molar-refractivity contribution in [1.29, 1.82) is 0 Å². The first-order valence-electron chi connectivity index (χ1n) is 9.83. The second-order valence-electron chi connectivity index (χ2n) is 10.8. The van der Waals surface area contributed by atoms with E-state index in [-0.39, 0.29) is 46.3 Å². The lowest BCUT2D eigenvalue weighted by molar-refractivity contribution is -0.224. The highest BCUT2D eigenvalue weighted by Crippen LogP contribution is 2.88. The molecule has 0 amide bonds. The molecule has 130 valence electrons. The minimum atomic E-state index is -0.701. The van der Waals surface area contributed by atoms with Gasteiger partial charge >= 0.3 is 0 Å². The van der Waals surface area contributed by atoms with Crippen molar-refractivity contribution in [3.63, 3.8) is 0 Å². The summed E-state index contributed by atoms with van der Waals surface area (Å²) in [5.41, 5.74) is 0.680. The van der Waals surface area contributed by atoms with Crippen molar-refractivity contribution in [1.82, 2.24) is 4.90 Å². The number of nitrogens with zero attached hydrogens (tertiary/aromatic N) is 1. The second kappa shape index (κ2) is 3.28. The van der Waals surface area contributed by atoms with Gasteiger partial charge < -0.3 is 15.3 Å². The fourth-order valence-electron chi connectivity index (χ4n) is 10.5. The number of allylic oxidation sites excluding steroid dienone is 1. The van der Waals surface area contributed by atoms with E-state index in [9.17, 15) is 15.3 Å². The van der Waals surface area contributed by atoms with Gasteiger partial charge in [-0.15, -0.1) is 0 Å². The van der Waals surface area contributed by atoms with Gasteiger partial charge in [0.2, 0.25) is 0 Å². The van der Waals surface area contributed by atoms with E-state index in [2.05, 4.69) is 24.8 Å². The zero-order chi connectivity index (χ0) is 16.4. The first-order valence-corrected chi connectivity index (χ1v) is 9.83. The molecule has 3 aliphatic heterocycles. The molecule has 6 aliphatic carbocycles. The second-order valence-corrected chi connectivity index (χ2v) is 10.8. The molecule has 3 N–H and O–H groups in total. The van der Waals surface area contributed by atoms with Gasteiger partial charge in [0.1, 0.15) is 5.72 Å². The van der Waals surface area contributed by atoms with Gasteiger partial charge in [0.05, 0.1) is 12.2 Å². The van der Waals surface area contributed by atoms with Gasteiger partial charge in [0.25, 0.3) is 0 Å². The predicted molar refractivity (Wildman–Crippen MR) is 86.6 cm³/mol. The largest absolute Gasteiger partial charge is 0.393 e. The fourth-order valence-corrected chi connectivity index (χ4v) is 10.5. The summed E-state index contributed by atoms with van der Waals surface area (Å²) in [6.45, 7) is 5.38. The maximum Gasteiger partial charge on any atom is 0.123 e. The Hall–Kier alpha value is -0.420. The van der Waals surface area contributed by atoms with Gasteiger partial charge in [-0.2, -0.15) is 0 Å². The van der Waals surface area contributed by atoms with Crippen LogP contribution in [0.4, 0.5) is 0 Å². The van der Waals surface area contributed by atoms with Crippen molar-refractivity contribution >= 4 is 0 Å². The Kier molecular flexibility index (Phi) is 1.88. The quantitative estimate of drug-likeness (QED) is 0.583. The van der Waals surface area contributed by atoms with Crippen molar-refractivity contribution in [2.24, 2.45) is 39.9 Å². The Morgan fingerprint density at radius 1 is 1.25 bits per heavy atom. The summed E-state index contributed by atoms with van der Waals surface area (Å²) < 4.78 is 0. The number of hydrogen-bond acceptors (Lipinski definition) is 4. The van der Waals surface area contributed by atoms with Crippen molar-refractivity contribution in [3.8, 4) is 0 Å². The van der Waals surface area contributed by atoms with Crippen LogP contribution >= 0.6 is 0 Å². The lowest BCUT2D eigenvalue weighted by atomic mass is 9.41. The lowest BCUT2D eigenvalue weighted by Gasteiger charge is -2.64. The summed E-state index contributed by atoms with van der Waals surface area (Å²) in [6, 6.07) is 0.277. The molecule has 4 saturated carbocycles. The summed E-state index contributed by atoms with van der Waals surface area (Å²) >= 11 is 0.